The van der Waals surface area contributed by atoms with Gasteiger partial charge in [0.05, 0.1) is 6.61 Å². The molecule has 0 aromatic heterocycles. The Bertz CT molecular complexity index is 1130. The van der Waals surface area contributed by atoms with Crippen LogP contribution >= 0.6 is 0 Å². The van der Waals surface area contributed by atoms with Crippen LogP contribution in [0, 0.1) is 5.92 Å². The molecule has 0 aliphatic rings. The van der Waals surface area contributed by atoms with Gasteiger partial charge in [0.2, 0.25) is 0 Å². The van der Waals surface area contributed by atoms with Gasteiger partial charge in [-0.1, -0.05) is 122 Å². The molecule has 2 heteroatoms. The third-order valence-corrected chi connectivity index (χ3v) is 6.34. The molecule has 0 aliphatic heterocycles. The van der Waals surface area contributed by atoms with E-state index in [2.05, 4.69) is 74.5 Å². The number of Topliss-reactive ketones (excluding diaryl/α,β-unsaturated/α-hetero) is 1. The third kappa shape index (κ3) is 5.89. The van der Waals surface area contributed by atoms with Gasteiger partial charge < -0.3 is 4.74 Å². The minimum absolute atomic E-state index is 0.128. The van der Waals surface area contributed by atoms with Crippen LogP contribution in [0.4, 0.5) is 0 Å². The van der Waals surface area contributed by atoms with Gasteiger partial charge in [-0.3, -0.25) is 4.79 Å². The molecule has 0 amide bonds. The number of rotatable bonds is 10. The molecular formula is C32H32O2. The minimum atomic E-state index is -0.562. The smallest absolute Gasteiger partial charge is 0.137 e. The Balaban J connectivity index is 1.36. The standard InChI is InChI=1S/C32H32O2/c1-25(22-31(33)23-26-18-20-28(21-19-26)27-12-6-3-7-13-27)24-34-32(2,29-14-8-4-9-15-29)30-16-10-5-11-17-30/h3-21,25H,22-24H2,1-2H3/t25-/m1/s1. The number of hydrogen-bond acceptors (Lipinski definition) is 2. The van der Waals surface area contributed by atoms with Crippen LogP contribution in [-0.2, 0) is 21.6 Å². The quantitative estimate of drug-likeness (QED) is 0.251. The first kappa shape index (κ1) is 23.7. The van der Waals surface area contributed by atoms with Crippen LogP contribution < -0.4 is 0 Å². The first-order valence-corrected chi connectivity index (χ1v) is 12.0. The predicted octanol–water partition coefficient (Wildman–Crippen LogP) is 7.47. The molecule has 0 bridgehead atoms. The number of carbonyl (C=O) groups is 1. The van der Waals surface area contributed by atoms with Gasteiger partial charge in [0, 0.05) is 12.8 Å². The van der Waals surface area contributed by atoms with Crippen LogP contribution in [-0.4, -0.2) is 12.4 Å². The van der Waals surface area contributed by atoms with E-state index in [9.17, 15) is 4.79 Å². The van der Waals surface area contributed by atoms with E-state index in [1.165, 1.54) is 11.1 Å². The summed E-state index contributed by atoms with van der Waals surface area (Å²) in [7, 11) is 0. The summed E-state index contributed by atoms with van der Waals surface area (Å²) >= 11 is 0. The monoisotopic (exact) mass is 448 g/mol. The van der Waals surface area contributed by atoms with Gasteiger partial charge in [0.15, 0.2) is 0 Å². The van der Waals surface area contributed by atoms with Crippen molar-refractivity contribution in [2.24, 2.45) is 5.92 Å². The van der Waals surface area contributed by atoms with E-state index in [0.29, 0.717) is 19.4 Å². The fraction of sp³-hybridized carbons (Fsp3) is 0.219. The Hall–Kier alpha value is -3.49. The molecule has 0 aliphatic carbocycles. The van der Waals surface area contributed by atoms with Crippen molar-refractivity contribution in [1.29, 1.82) is 0 Å². The van der Waals surface area contributed by atoms with Crippen LogP contribution in [0.3, 0.4) is 0 Å². The summed E-state index contributed by atoms with van der Waals surface area (Å²) in [6.45, 7) is 4.71. The SMILES string of the molecule is C[C@@H](COC(C)(c1ccccc1)c1ccccc1)CC(=O)Cc1ccc(-c2ccccc2)cc1. The van der Waals surface area contributed by atoms with E-state index in [0.717, 1.165) is 16.7 Å². The van der Waals surface area contributed by atoms with E-state index in [1.54, 1.807) is 0 Å². The van der Waals surface area contributed by atoms with Crippen LogP contribution in [0.15, 0.2) is 115 Å². The molecule has 4 aromatic rings. The van der Waals surface area contributed by atoms with Crippen molar-refractivity contribution in [2.75, 3.05) is 6.61 Å². The summed E-state index contributed by atoms with van der Waals surface area (Å²) in [5.41, 5.74) is 5.06. The summed E-state index contributed by atoms with van der Waals surface area (Å²) in [5, 5.41) is 0. The lowest BCUT2D eigenvalue weighted by atomic mass is 9.87. The van der Waals surface area contributed by atoms with Crippen LogP contribution in [0.25, 0.3) is 11.1 Å². The molecule has 0 N–H and O–H groups in total. The molecule has 0 radical (unpaired) electrons. The normalized spacial score (nSPS) is 12.3. The average molecular weight is 449 g/mol. The van der Waals surface area contributed by atoms with Crippen molar-refractivity contribution >= 4 is 5.78 Å². The van der Waals surface area contributed by atoms with Gasteiger partial charge in [-0.25, -0.2) is 0 Å². The Morgan fingerprint density at radius 3 is 1.71 bits per heavy atom. The van der Waals surface area contributed by atoms with E-state index < -0.39 is 5.60 Å². The van der Waals surface area contributed by atoms with Crippen molar-refractivity contribution in [3.8, 4) is 11.1 Å². The number of hydrogen-bond donors (Lipinski definition) is 0. The van der Waals surface area contributed by atoms with Crippen molar-refractivity contribution in [3.63, 3.8) is 0 Å². The van der Waals surface area contributed by atoms with Crippen molar-refractivity contribution in [3.05, 3.63) is 132 Å². The molecule has 0 unspecified atom stereocenters. The number of benzene rings is 4. The topological polar surface area (TPSA) is 26.3 Å². The first-order valence-electron chi connectivity index (χ1n) is 12.0. The number of ketones is 1. The second-order valence-electron chi connectivity index (χ2n) is 9.16. The fourth-order valence-electron chi connectivity index (χ4n) is 4.35. The van der Waals surface area contributed by atoms with Crippen molar-refractivity contribution < 1.29 is 9.53 Å². The van der Waals surface area contributed by atoms with E-state index in [-0.39, 0.29) is 11.7 Å². The summed E-state index contributed by atoms with van der Waals surface area (Å²) in [4.78, 5) is 12.8. The maximum Gasteiger partial charge on any atom is 0.137 e. The molecule has 0 heterocycles. The van der Waals surface area contributed by atoms with Crippen LogP contribution in [0.1, 0.15) is 37.0 Å². The highest BCUT2D eigenvalue weighted by Crippen LogP contribution is 2.34. The van der Waals surface area contributed by atoms with E-state index in [1.807, 2.05) is 54.6 Å². The zero-order valence-corrected chi connectivity index (χ0v) is 20.0. The number of carbonyl (C=O) groups excluding carboxylic acids is 1. The van der Waals surface area contributed by atoms with Gasteiger partial charge in [0.1, 0.15) is 11.4 Å². The second-order valence-corrected chi connectivity index (χ2v) is 9.16. The lowest BCUT2D eigenvalue weighted by Crippen LogP contribution is -2.30. The maximum absolute atomic E-state index is 12.8. The van der Waals surface area contributed by atoms with Gasteiger partial charge in [-0.05, 0) is 40.7 Å². The average Bonchev–Trinajstić information content (AvgIpc) is 2.89. The molecule has 4 rings (SSSR count). The molecule has 0 fully saturated rings. The van der Waals surface area contributed by atoms with Gasteiger partial charge in [-0.2, -0.15) is 0 Å². The summed E-state index contributed by atoms with van der Waals surface area (Å²) in [6, 6.07) is 39.2. The van der Waals surface area contributed by atoms with Gasteiger partial charge >= 0.3 is 0 Å². The molecular weight excluding hydrogens is 416 g/mol. The largest absolute Gasteiger partial charge is 0.366 e. The number of ether oxygens (including phenoxy) is 1. The highest BCUT2D eigenvalue weighted by molar-refractivity contribution is 5.81. The highest BCUT2D eigenvalue weighted by atomic mass is 16.5. The van der Waals surface area contributed by atoms with Gasteiger partial charge in [0.25, 0.3) is 0 Å². The van der Waals surface area contributed by atoms with Crippen molar-refractivity contribution in [1.82, 2.24) is 0 Å². The lowest BCUT2D eigenvalue weighted by molar-refractivity contribution is -0.120. The molecule has 0 saturated carbocycles. The zero-order chi connectivity index (χ0) is 23.8. The summed E-state index contributed by atoms with van der Waals surface area (Å²) < 4.78 is 6.53. The van der Waals surface area contributed by atoms with Crippen molar-refractivity contribution in [2.45, 2.75) is 32.3 Å². The fourth-order valence-corrected chi connectivity index (χ4v) is 4.35. The Kier molecular flexibility index (Phi) is 7.72. The maximum atomic E-state index is 12.8. The van der Waals surface area contributed by atoms with Crippen LogP contribution in [0.5, 0.6) is 0 Å². The molecule has 0 saturated heterocycles. The molecule has 1 atom stereocenters. The molecule has 4 aromatic carbocycles. The summed E-state index contributed by atoms with van der Waals surface area (Å²) in [5.74, 6) is 0.368. The first-order chi connectivity index (χ1) is 16.5. The zero-order valence-electron chi connectivity index (χ0n) is 20.0. The summed E-state index contributed by atoms with van der Waals surface area (Å²) in [6.07, 6.45) is 0.953. The van der Waals surface area contributed by atoms with Gasteiger partial charge in [-0.15, -0.1) is 0 Å². The van der Waals surface area contributed by atoms with Crippen LogP contribution in [0.2, 0.25) is 0 Å². The lowest BCUT2D eigenvalue weighted by Gasteiger charge is -2.32. The molecule has 0 spiro atoms. The Labute approximate surface area is 203 Å². The third-order valence-electron chi connectivity index (χ3n) is 6.34. The Morgan fingerprint density at radius 1 is 0.706 bits per heavy atom. The Morgan fingerprint density at radius 2 is 1.18 bits per heavy atom. The molecule has 34 heavy (non-hydrogen) atoms. The highest BCUT2D eigenvalue weighted by Gasteiger charge is 2.30. The minimum Gasteiger partial charge on any atom is -0.366 e. The predicted molar refractivity (Wildman–Crippen MR) is 140 cm³/mol. The van der Waals surface area contributed by atoms with E-state index in [4.69, 9.17) is 4.74 Å². The van der Waals surface area contributed by atoms with E-state index >= 15 is 0 Å². The second kappa shape index (κ2) is 11.1. The molecule has 172 valence electrons. The molecule has 2 nitrogen and oxygen atoms in total.